The Balaban J connectivity index is 1.83. The predicted molar refractivity (Wildman–Crippen MR) is 78.7 cm³/mol. The molecule has 1 atom stereocenters. The maximum absolute atomic E-state index is 5.77. The number of hydrogen-bond acceptors (Lipinski definition) is 3. The molecule has 2 aromatic heterocycles. The van der Waals surface area contributed by atoms with Gasteiger partial charge in [0.25, 0.3) is 0 Å². The molecule has 0 amide bonds. The van der Waals surface area contributed by atoms with Gasteiger partial charge in [0.1, 0.15) is 5.76 Å². The number of aromatic nitrogens is 1. The molecule has 3 aromatic rings. The highest BCUT2D eigenvalue weighted by Crippen LogP contribution is 2.32. The van der Waals surface area contributed by atoms with E-state index in [-0.39, 0.29) is 4.83 Å². The van der Waals surface area contributed by atoms with Crippen LogP contribution in [0.5, 0.6) is 0 Å². The van der Waals surface area contributed by atoms with E-state index in [0.29, 0.717) is 5.22 Å². The lowest BCUT2D eigenvalue weighted by molar-refractivity contribution is 0.508. The van der Waals surface area contributed by atoms with Gasteiger partial charge in [-0.1, -0.05) is 28.1 Å². The van der Waals surface area contributed by atoms with Crippen molar-refractivity contribution in [1.82, 2.24) is 4.98 Å². The number of fused-ring (bicyclic) bond motifs is 1. The minimum absolute atomic E-state index is 0.102. The van der Waals surface area contributed by atoms with Crippen LogP contribution in [0.3, 0.4) is 0 Å². The van der Waals surface area contributed by atoms with E-state index in [4.69, 9.17) is 16.0 Å². The molecule has 0 fully saturated rings. The highest BCUT2D eigenvalue weighted by Gasteiger charge is 2.15. The maximum Gasteiger partial charge on any atom is 0.193 e. The van der Waals surface area contributed by atoms with Crippen LogP contribution in [0.25, 0.3) is 10.2 Å². The zero-order valence-electron chi connectivity index (χ0n) is 9.27. The molecule has 5 heteroatoms. The van der Waals surface area contributed by atoms with Crippen molar-refractivity contribution >= 4 is 49.1 Å². The van der Waals surface area contributed by atoms with Crippen LogP contribution in [-0.4, -0.2) is 4.98 Å². The molecule has 0 bridgehead atoms. The summed E-state index contributed by atoms with van der Waals surface area (Å²) in [5, 5.41) is 1.50. The topological polar surface area (TPSA) is 26.0 Å². The first-order chi connectivity index (χ1) is 8.72. The first-order valence-electron chi connectivity index (χ1n) is 5.46. The second-order valence-electron chi connectivity index (χ2n) is 3.89. The smallest absolute Gasteiger partial charge is 0.193 e. The van der Waals surface area contributed by atoms with Gasteiger partial charge in [-0.05, 0) is 35.9 Å². The number of thiazole rings is 1. The molecule has 0 radical (unpaired) electrons. The summed E-state index contributed by atoms with van der Waals surface area (Å²) in [5.41, 5.74) is 1.05. The fourth-order valence-electron chi connectivity index (χ4n) is 1.76. The lowest BCUT2D eigenvalue weighted by atomic mass is 10.2. The van der Waals surface area contributed by atoms with Crippen molar-refractivity contribution in [3.05, 3.63) is 52.4 Å². The van der Waals surface area contributed by atoms with Crippen molar-refractivity contribution in [2.24, 2.45) is 0 Å². The summed E-state index contributed by atoms with van der Waals surface area (Å²) in [6.07, 6.45) is 0.795. The quantitative estimate of drug-likeness (QED) is 0.610. The Hall–Kier alpha value is -0.840. The van der Waals surface area contributed by atoms with Crippen LogP contribution >= 0.6 is 38.9 Å². The second-order valence-corrected chi connectivity index (χ2v) is 6.48. The highest BCUT2D eigenvalue weighted by atomic mass is 79.9. The number of benzene rings is 1. The predicted octanol–water partition coefficient (Wildman–Crippen LogP) is 5.22. The Kier molecular flexibility index (Phi) is 3.41. The number of furan rings is 1. The van der Waals surface area contributed by atoms with E-state index >= 15 is 0 Å². The number of hydrogen-bond donors (Lipinski definition) is 0. The Morgan fingerprint density at radius 1 is 1.28 bits per heavy atom. The molecule has 0 saturated carbocycles. The van der Waals surface area contributed by atoms with Gasteiger partial charge in [0.05, 0.1) is 20.1 Å². The highest BCUT2D eigenvalue weighted by molar-refractivity contribution is 9.09. The Morgan fingerprint density at radius 2 is 2.11 bits per heavy atom. The van der Waals surface area contributed by atoms with Crippen molar-refractivity contribution in [3.63, 3.8) is 0 Å². The van der Waals surface area contributed by atoms with E-state index in [1.54, 1.807) is 17.4 Å². The average Bonchev–Trinajstić information content (AvgIpc) is 2.94. The molecule has 1 unspecified atom stereocenters. The Morgan fingerprint density at radius 3 is 2.83 bits per heavy atom. The molecule has 1 aromatic carbocycles. The minimum Gasteiger partial charge on any atom is -0.449 e. The molecule has 3 rings (SSSR count). The molecule has 0 aliphatic rings. The van der Waals surface area contributed by atoms with Crippen LogP contribution in [0.4, 0.5) is 0 Å². The molecule has 0 saturated heterocycles. The molecule has 0 N–H and O–H groups in total. The number of nitrogens with zero attached hydrogens (tertiary/aromatic N) is 1. The number of halogens is 2. The largest absolute Gasteiger partial charge is 0.449 e. The normalized spacial score (nSPS) is 13.0. The van der Waals surface area contributed by atoms with Crippen LogP contribution in [0.1, 0.15) is 15.6 Å². The van der Waals surface area contributed by atoms with Gasteiger partial charge in [0.15, 0.2) is 5.22 Å². The van der Waals surface area contributed by atoms with Gasteiger partial charge in [-0.25, -0.2) is 4.98 Å². The van der Waals surface area contributed by atoms with Crippen LogP contribution < -0.4 is 0 Å². The van der Waals surface area contributed by atoms with Crippen molar-refractivity contribution in [3.8, 4) is 0 Å². The monoisotopic (exact) mass is 341 g/mol. The summed E-state index contributed by atoms with van der Waals surface area (Å²) in [7, 11) is 0. The third kappa shape index (κ3) is 2.46. The first kappa shape index (κ1) is 12.2. The summed E-state index contributed by atoms with van der Waals surface area (Å²) in [6, 6.07) is 11.8. The van der Waals surface area contributed by atoms with Gasteiger partial charge in [-0.15, -0.1) is 11.3 Å². The molecule has 0 aliphatic carbocycles. The van der Waals surface area contributed by atoms with Crippen LogP contribution in [-0.2, 0) is 6.42 Å². The van der Waals surface area contributed by atoms with Gasteiger partial charge in [-0.3, -0.25) is 0 Å². The zero-order chi connectivity index (χ0) is 12.5. The van der Waals surface area contributed by atoms with Gasteiger partial charge < -0.3 is 4.42 Å². The summed E-state index contributed by atoms with van der Waals surface area (Å²) < 4.78 is 6.60. The van der Waals surface area contributed by atoms with E-state index in [1.165, 1.54) is 4.70 Å². The van der Waals surface area contributed by atoms with E-state index < -0.39 is 0 Å². The number of para-hydroxylation sites is 1. The maximum atomic E-state index is 5.77. The molecular formula is C13H9BrClNOS. The van der Waals surface area contributed by atoms with E-state index in [9.17, 15) is 0 Å². The average molecular weight is 343 g/mol. The van der Waals surface area contributed by atoms with Crippen molar-refractivity contribution < 1.29 is 4.42 Å². The lowest BCUT2D eigenvalue weighted by Gasteiger charge is -2.03. The van der Waals surface area contributed by atoms with E-state index in [0.717, 1.165) is 22.7 Å². The van der Waals surface area contributed by atoms with Gasteiger partial charge in [0.2, 0.25) is 0 Å². The Labute approximate surface area is 122 Å². The molecular weight excluding hydrogens is 334 g/mol. The molecule has 0 aliphatic heterocycles. The fourth-order valence-corrected chi connectivity index (χ4v) is 3.69. The third-order valence-electron chi connectivity index (χ3n) is 2.59. The van der Waals surface area contributed by atoms with Crippen molar-refractivity contribution in [2.45, 2.75) is 11.2 Å². The summed E-state index contributed by atoms with van der Waals surface area (Å²) >= 11 is 11.1. The molecule has 2 heterocycles. The van der Waals surface area contributed by atoms with E-state index in [1.807, 2.05) is 24.3 Å². The lowest BCUT2D eigenvalue weighted by Crippen LogP contribution is -1.92. The van der Waals surface area contributed by atoms with Gasteiger partial charge >= 0.3 is 0 Å². The summed E-state index contributed by atoms with van der Waals surface area (Å²) in [4.78, 5) is 4.70. The van der Waals surface area contributed by atoms with Crippen LogP contribution in [0.2, 0.25) is 5.22 Å². The van der Waals surface area contributed by atoms with Crippen LogP contribution in [0.15, 0.2) is 40.8 Å². The van der Waals surface area contributed by atoms with Gasteiger partial charge in [0, 0.05) is 6.42 Å². The summed E-state index contributed by atoms with van der Waals surface area (Å²) in [6.45, 7) is 0. The molecule has 18 heavy (non-hydrogen) atoms. The SMILES string of the molecule is Clc1ccc(C(Br)Cc2nc3ccccc3s2)o1. The molecule has 0 spiro atoms. The molecule has 92 valence electrons. The second kappa shape index (κ2) is 5.03. The number of alkyl halides is 1. The third-order valence-corrected chi connectivity index (χ3v) is 4.63. The van der Waals surface area contributed by atoms with Gasteiger partial charge in [-0.2, -0.15) is 0 Å². The van der Waals surface area contributed by atoms with E-state index in [2.05, 4.69) is 27.0 Å². The standard InChI is InChI=1S/C13H9BrClNOS/c14-8(10-5-6-12(15)17-10)7-13-16-9-3-1-2-4-11(9)18-13/h1-6,8H,7H2. The zero-order valence-corrected chi connectivity index (χ0v) is 12.4. The van der Waals surface area contributed by atoms with Crippen LogP contribution in [0, 0.1) is 0 Å². The van der Waals surface area contributed by atoms with Crippen molar-refractivity contribution in [2.75, 3.05) is 0 Å². The Bertz CT molecular complexity index is 645. The minimum atomic E-state index is 0.102. The van der Waals surface area contributed by atoms with Crippen molar-refractivity contribution in [1.29, 1.82) is 0 Å². The summed E-state index contributed by atoms with van der Waals surface area (Å²) in [5.74, 6) is 0.833. The fraction of sp³-hybridized carbons (Fsp3) is 0.154. The molecule has 2 nitrogen and oxygen atoms in total. The first-order valence-corrected chi connectivity index (χ1v) is 7.57. The number of rotatable bonds is 3.